The van der Waals surface area contributed by atoms with Crippen molar-refractivity contribution in [3.05, 3.63) is 33.2 Å². The second-order valence-electron chi connectivity index (χ2n) is 4.68. The van der Waals surface area contributed by atoms with Gasteiger partial charge in [0.2, 0.25) is 0 Å². The van der Waals surface area contributed by atoms with E-state index < -0.39 is 0 Å². The van der Waals surface area contributed by atoms with E-state index in [9.17, 15) is 0 Å². The highest BCUT2D eigenvalue weighted by Gasteiger charge is 2.28. The molecule has 0 N–H and O–H groups in total. The highest BCUT2D eigenvalue weighted by molar-refractivity contribution is 14.1. The Hall–Kier alpha value is -0.510. The van der Waals surface area contributed by atoms with Crippen LogP contribution in [0, 0.1) is 10.5 Å². The van der Waals surface area contributed by atoms with Gasteiger partial charge in [-0.2, -0.15) is 0 Å². The van der Waals surface area contributed by atoms with Crippen molar-refractivity contribution >= 4 is 33.4 Å². The van der Waals surface area contributed by atoms with Crippen molar-refractivity contribution < 1.29 is 0 Å². The van der Waals surface area contributed by atoms with Crippen LogP contribution in [0.15, 0.2) is 18.2 Å². The number of hydrogen-bond donors (Lipinski definition) is 0. The Balaban J connectivity index is 2.36. The van der Waals surface area contributed by atoms with Gasteiger partial charge in [0.05, 0.1) is 0 Å². The Morgan fingerprint density at radius 2 is 2.06 bits per heavy atom. The van der Waals surface area contributed by atoms with Crippen LogP contribution in [0.25, 0.3) is 10.8 Å². The van der Waals surface area contributed by atoms with E-state index in [0.717, 1.165) is 12.5 Å². The monoisotopic (exact) mass is 325 g/mol. The molecule has 16 heavy (non-hydrogen) atoms. The predicted octanol–water partition coefficient (Wildman–Crippen LogP) is 4.45. The first-order valence-electron chi connectivity index (χ1n) is 6.01. The minimum atomic E-state index is 0.792. The summed E-state index contributed by atoms with van der Waals surface area (Å²) in [7, 11) is 0. The molecule has 1 nitrogen and oxygen atoms in total. The molecule has 0 bridgehead atoms. The van der Waals surface area contributed by atoms with E-state index in [2.05, 4.69) is 59.2 Å². The Kier molecular flexibility index (Phi) is 2.50. The van der Waals surface area contributed by atoms with Gasteiger partial charge in [-0.15, -0.1) is 0 Å². The molecule has 0 atom stereocenters. The zero-order chi connectivity index (χ0) is 11.3. The zero-order valence-electron chi connectivity index (χ0n) is 9.76. The molecule has 0 unspecified atom stereocenters. The topological polar surface area (TPSA) is 4.93 Å². The summed E-state index contributed by atoms with van der Waals surface area (Å²) in [6, 6.07) is 7.62. The molecule has 2 heteroatoms. The lowest BCUT2D eigenvalue weighted by atomic mass is 10.1. The maximum atomic E-state index is 2.58. The Morgan fingerprint density at radius 1 is 1.31 bits per heavy atom. The molecule has 1 aliphatic carbocycles. The molecule has 1 aliphatic rings. The summed E-state index contributed by atoms with van der Waals surface area (Å²) in [5.41, 5.74) is 3.00. The van der Waals surface area contributed by atoms with Gasteiger partial charge in [0.25, 0.3) is 0 Å². The molecule has 0 amide bonds. The maximum absolute atomic E-state index is 2.58. The maximum Gasteiger partial charge on any atom is 0.0337 e. The molecular weight excluding hydrogens is 309 g/mol. The molecule has 0 saturated heterocycles. The van der Waals surface area contributed by atoms with Gasteiger partial charge in [-0.1, -0.05) is 13.0 Å². The highest BCUT2D eigenvalue weighted by atomic mass is 127. The van der Waals surface area contributed by atoms with Crippen LogP contribution in [0.2, 0.25) is 0 Å². The third-order valence-electron chi connectivity index (χ3n) is 3.58. The first kappa shape index (κ1) is 10.6. The van der Waals surface area contributed by atoms with E-state index in [4.69, 9.17) is 0 Å². The molecule has 2 aromatic rings. The van der Waals surface area contributed by atoms with Crippen molar-refractivity contribution in [3.63, 3.8) is 0 Å². The second-order valence-corrected chi connectivity index (χ2v) is 5.92. The Labute approximate surface area is 110 Å². The molecule has 1 fully saturated rings. The number of benzene rings is 1. The smallest absolute Gasteiger partial charge is 0.0337 e. The van der Waals surface area contributed by atoms with Crippen LogP contribution < -0.4 is 0 Å². The highest BCUT2D eigenvalue weighted by Crippen LogP contribution is 2.41. The van der Waals surface area contributed by atoms with Gasteiger partial charge in [-0.05, 0) is 60.9 Å². The largest absolute Gasteiger partial charge is 0.345 e. The van der Waals surface area contributed by atoms with Crippen LogP contribution in [0.3, 0.4) is 0 Å². The molecular formula is C14H16IN. The summed E-state index contributed by atoms with van der Waals surface area (Å²) in [6.07, 6.45) is 3.87. The number of nitrogens with zero attached hydrogens (tertiary/aromatic N) is 1. The third kappa shape index (κ3) is 1.50. The molecule has 1 aromatic heterocycles. The molecule has 0 aliphatic heterocycles. The molecule has 1 saturated carbocycles. The number of fused-ring (bicyclic) bond motifs is 1. The summed E-state index contributed by atoms with van der Waals surface area (Å²) in [4.78, 5) is 0. The number of halogens is 1. The quantitative estimate of drug-likeness (QED) is 0.719. The van der Waals surface area contributed by atoms with Crippen molar-refractivity contribution in [2.75, 3.05) is 0 Å². The van der Waals surface area contributed by atoms with Gasteiger partial charge >= 0.3 is 0 Å². The van der Waals surface area contributed by atoms with Crippen molar-refractivity contribution in [3.8, 4) is 0 Å². The summed E-state index contributed by atoms with van der Waals surface area (Å²) in [5.74, 6) is 0. The zero-order valence-corrected chi connectivity index (χ0v) is 11.9. The summed E-state index contributed by atoms with van der Waals surface area (Å²) >= 11 is 2.41. The minimum absolute atomic E-state index is 0.792. The average Bonchev–Trinajstić information content (AvgIpc) is 3.05. The van der Waals surface area contributed by atoms with Gasteiger partial charge in [0.1, 0.15) is 0 Å². The van der Waals surface area contributed by atoms with Crippen molar-refractivity contribution in [1.82, 2.24) is 4.57 Å². The Morgan fingerprint density at radius 3 is 2.69 bits per heavy atom. The van der Waals surface area contributed by atoms with E-state index in [-0.39, 0.29) is 0 Å². The van der Waals surface area contributed by atoms with Crippen LogP contribution >= 0.6 is 22.6 Å². The summed E-state index contributed by atoms with van der Waals surface area (Å²) < 4.78 is 3.92. The van der Waals surface area contributed by atoms with E-state index in [1.54, 1.807) is 0 Å². The number of rotatable bonds is 2. The molecule has 1 heterocycles. The molecule has 0 radical (unpaired) electrons. The number of aromatic nitrogens is 1. The van der Waals surface area contributed by atoms with Crippen LogP contribution in [-0.4, -0.2) is 4.57 Å². The van der Waals surface area contributed by atoms with E-state index in [1.165, 1.54) is 38.6 Å². The first-order chi connectivity index (χ1) is 7.72. The molecule has 0 spiro atoms. The van der Waals surface area contributed by atoms with Crippen LogP contribution in [-0.2, 0) is 6.42 Å². The van der Waals surface area contributed by atoms with Crippen molar-refractivity contribution in [1.29, 1.82) is 0 Å². The van der Waals surface area contributed by atoms with E-state index in [1.807, 2.05) is 0 Å². The summed E-state index contributed by atoms with van der Waals surface area (Å²) in [5, 5.41) is 2.92. The SMILES string of the molecule is CCc1c2cc(I)ccc2c(C)n1C1CC1. The van der Waals surface area contributed by atoms with Crippen molar-refractivity contribution in [2.45, 2.75) is 39.2 Å². The van der Waals surface area contributed by atoms with Crippen LogP contribution in [0.4, 0.5) is 0 Å². The van der Waals surface area contributed by atoms with Gasteiger partial charge in [0.15, 0.2) is 0 Å². The van der Waals surface area contributed by atoms with Crippen LogP contribution in [0.5, 0.6) is 0 Å². The second kappa shape index (κ2) is 3.76. The molecule has 1 aromatic carbocycles. The molecule has 84 valence electrons. The lowest BCUT2D eigenvalue weighted by molar-refractivity contribution is 0.686. The third-order valence-corrected chi connectivity index (χ3v) is 4.25. The normalized spacial score (nSPS) is 15.9. The first-order valence-corrected chi connectivity index (χ1v) is 7.09. The summed E-state index contributed by atoms with van der Waals surface area (Å²) in [6.45, 7) is 4.54. The predicted molar refractivity (Wildman–Crippen MR) is 77.0 cm³/mol. The lowest BCUT2D eigenvalue weighted by Crippen LogP contribution is -2.01. The van der Waals surface area contributed by atoms with E-state index >= 15 is 0 Å². The lowest BCUT2D eigenvalue weighted by Gasteiger charge is -2.08. The fourth-order valence-electron chi connectivity index (χ4n) is 2.72. The fourth-order valence-corrected chi connectivity index (χ4v) is 3.21. The standard InChI is InChI=1S/C14H16IN/c1-3-14-13-8-10(15)4-7-12(13)9(2)16(14)11-5-6-11/h4,7-8,11H,3,5-6H2,1-2H3. The fraction of sp³-hybridized carbons (Fsp3) is 0.429. The Bertz CT molecular complexity index is 549. The van der Waals surface area contributed by atoms with Crippen molar-refractivity contribution in [2.24, 2.45) is 0 Å². The minimum Gasteiger partial charge on any atom is -0.345 e. The molecule has 3 rings (SSSR count). The van der Waals surface area contributed by atoms with Crippen LogP contribution in [0.1, 0.15) is 37.2 Å². The van der Waals surface area contributed by atoms with Gasteiger partial charge in [0, 0.05) is 31.8 Å². The van der Waals surface area contributed by atoms with Gasteiger partial charge < -0.3 is 4.57 Å². The number of hydrogen-bond acceptors (Lipinski definition) is 0. The van der Waals surface area contributed by atoms with E-state index in [0.29, 0.717) is 0 Å². The number of aryl methyl sites for hydroxylation is 2. The average molecular weight is 325 g/mol. The van der Waals surface area contributed by atoms with Gasteiger partial charge in [-0.3, -0.25) is 0 Å². The van der Waals surface area contributed by atoms with Gasteiger partial charge in [-0.25, -0.2) is 0 Å².